The maximum atomic E-state index is 13.4. The Hall–Kier alpha value is -3.55. The second kappa shape index (κ2) is 59.8. The molecule has 0 bridgehead atoms. The van der Waals surface area contributed by atoms with Crippen molar-refractivity contribution in [3.05, 3.63) is 109 Å². The lowest BCUT2D eigenvalue weighted by molar-refractivity contribution is -0.379. The molecule has 0 aliphatic carbocycles. The predicted octanol–water partition coefficient (Wildman–Crippen LogP) is 12.2. The standard InChI is InChI=1S/C80H137NO18/c1-3-5-7-9-11-13-15-17-19-21-22-23-24-25-26-27-28-29-30-31-32-33-34-35-36-37-38-39-40-42-44-46-48-50-52-54-56-58-68(86)81-63(64(85)57-55-53-51-49-47-45-43-41-20-18-16-14-12-10-8-6-4-2)62-94-78-74(92)71(89)76(66(60-83)96-78)99-80-75(93)72(90)77(67(61-84)97-80)98-79-73(91)70(88)69(87)65(59-82)95-79/h5,7,11,13,17,19,22-23,25-26,28-29,31-32,34-35,55,57,63-67,69-80,82-85,87-93H,3-4,6,8-10,12,14-16,18,20-21,24,27,30,33,36-54,56,58-62H2,1-2H3,(H,81,86)/b7-5-,13-11-,19-17-,23-22-,26-25-,29-28-,32-31-,35-34-,57-55+. The highest BCUT2D eigenvalue weighted by Gasteiger charge is 2.53. The van der Waals surface area contributed by atoms with Gasteiger partial charge in [-0.15, -0.1) is 0 Å². The predicted molar refractivity (Wildman–Crippen MR) is 392 cm³/mol. The van der Waals surface area contributed by atoms with Crippen molar-refractivity contribution in [2.24, 2.45) is 0 Å². The number of aliphatic hydroxyl groups is 11. The second-order valence-electron chi connectivity index (χ2n) is 27.1. The lowest BCUT2D eigenvalue weighted by atomic mass is 9.96. The van der Waals surface area contributed by atoms with Gasteiger partial charge in [0.1, 0.15) is 73.2 Å². The van der Waals surface area contributed by atoms with Gasteiger partial charge in [0, 0.05) is 6.42 Å². The third-order valence-corrected chi connectivity index (χ3v) is 18.6. The van der Waals surface area contributed by atoms with Crippen molar-refractivity contribution in [3.63, 3.8) is 0 Å². The molecule has 3 aliphatic rings. The summed E-state index contributed by atoms with van der Waals surface area (Å²) in [6.45, 7) is 1.62. The molecule has 3 heterocycles. The highest BCUT2D eigenvalue weighted by molar-refractivity contribution is 5.76. The number of unbranched alkanes of at least 4 members (excludes halogenated alkanes) is 27. The zero-order valence-corrected chi connectivity index (χ0v) is 60.7. The Balaban J connectivity index is 1.35. The summed E-state index contributed by atoms with van der Waals surface area (Å²) in [7, 11) is 0. The molecule has 570 valence electrons. The first-order chi connectivity index (χ1) is 48.3. The van der Waals surface area contributed by atoms with Crippen molar-refractivity contribution in [2.75, 3.05) is 26.4 Å². The van der Waals surface area contributed by atoms with Crippen molar-refractivity contribution in [3.8, 4) is 0 Å². The van der Waals surface area contributed by atoms with Crippen LogP contribution in [0.2, 0.25) is 0 Å². The Bertz CT molecular complexity index is 2220. The van der Waals surface area contributed by atoms with E-state index in [1.165, 1.54) is 122 Å². The first-order valence-electron chi connectivity index (χ1n) is 38.6. The van der Waals surface area contributed by atoms with Crippen LogP contribution in [0.3, 0.4) is 0 Å². The van der Waals surface area contributed by atoms with Crippen LogP contribution in [0.4, 0.5) is 0 Å². The summed E-state index contributed by atoms with van der Waals surface area (Å²) < 4.78 is 34.4. The summed E-state index contributed by atoms with van der Waals surface area (Å²) in [4.78, 5) is 13.4. The Morgan fingerprint density at radius 3 is 1.09 bits per heavy atom. The quantitative estimate of drug-likeness (QED) is 0.0199. The summed E-state index contributed by atoms with van der Waals surface area (Å²) >= 11 is 0. The summed E-state index contributed by atoms with van der Waals surface area (Å²) in [5.41, 5.74) is 0. The molecule has 3 aliphatic heterocycles. The zero-order chi connectivity index (χ0) is 71.8. The van der Waals surface area contributed by atoms with E-state index in [1.807, 2.05) is 6.08 Å². The molecule has 17 unspecified atom stereocenters. The maximum Gasteiger partial charge on any atom is 0.220 e. The van der Waals surface area contributed by atoms with Gasteiger partial charge in [-0.3, -0.25) is 4.79 Å². The molecule has 0 saturated carbocycles. The van der Waals surface area contributed by atoms with Crippen molar-refractivity contribution >= 4 is 5.91 Å². The van der Waals surface area contributed by atoms with Crippen LogP contribution in [0.25, 0.3) is 0 Å². The monoisotopic (exact) mass is 1400 g/mol. The molecule has 3 rings (SSSR count). The Labute approximate surface area is 595 Å². The van der Waals surface area contributed by atoms with Gasteiger partial charge in [0.15, 0.2) is 18.9 Å². The zero-order valence-electron chi connectivity index (χ0n) is 60.7. The molecule has 1 amide bonds. The van der Waals surface area contributed by atoms with Gasteiger partial charge in [-0.2, -0.15) is 0 Å². The van der Waals surface area contributed by atoms with Crippen LogP contribution in [0.1, 0.15) is 258 Å². The van der Waals surface area contributed by atoms with E-state index < -0.39 is 124 Å². The Kier molecular flexibility index (Phi) is 54.2. The number of nitrogens with one attached hydrogen (secondary N) is 1. The van der Waals surface area contributed by atoms with Crippen molar-refractivity contribution in [1.82, 2.24) is 5.32 Å². The van der Waals surface area contributed by atoms with Gasteiger partial charge in [0.25, 0.3) is 0 Å². The molecule has 3 saturated heterocycles. The SMILES string of the molecule is CC/C=C\C/C=C\C/C=C\C/C=C\C/C=C\C/C=C\C/C=C\C/C=C\CCCCCCCCCCCCCCC(=O)NC(COC1OC(CO)C(OC2OC(CO)C(OC3OC(CO)C(O)C(O)C3O)C(O)C2O)C(O)C1O)C(O)/C=C/CCCCCCCCCCCCCCCCC. The molecular formula is C80H137NO18. The Morgan fingerprint density at radius 2 is 0.697 bits per heavy atom. The van der Waals surface area contributed by atoms with Gasteiger partial charge in [0.2, 0.25) is 5.91 Å². The van der Waals surface area contributed by atoms with Crippen molar-refractivity contribution in [2.45, 2.75) is 362 Å². The smallest absolute Gasteiger partial charge is 0.220 e. The second-order valence-corrected chi connectivity index (χ2v) is 27.1. The van der Waals surface area contributed by atoms with E-state index in [2.05, 4.69) is 116 Å². The molecule has 99 heavy (non-hydrogen) atoms. The largest absolute Gasteiger partial charge is 0.394 e. The number of ether oxygens (including phenoxy) is 6. The number of carbonyl (C=O) groups is 1. The van der Waals surface area contributed by atoms with Crippen LogP contribution in [0, 0.1) is 0 Å². The first kappa shape index (κ1) is 89.7. The van der Waals surface area contributed by atoms with Gasteiger partial charge in [-0.05, 0) is 83.5 Å². The molecule has 0 spiro atoms. The minimum atomic E-state index is -1.98. The van der Waals surface area contributed by atoms with Crippen LogP contribution in [0.15, 0.2) is 109 Å². The number of aliphatic hydroxyl groups excluding tert-OH is 11. The third kappa shape index (κ3) is 40.3. The van der Waals surface area contributed by atoms with Crippen LogP contribution in [-0.2, 0) is 33.2 Å². The van der Waals surface area contributed by atoms with E-state index in [-0.39, 0.29) is 18.9 Å². The first-order valence-corrected chi connectivity index (χ1v) is 38.6. The molecule has 0 aromatic heterocycles. The molecule has 17 atom stereocenters. The molecule has 12 N–H and O–H groups in total. The summed E-state index contributed by atoms with van der Waals surface area (Å²) in [6.07, 6.45) is 54.9. The van der Waals surface area contributed by atoms with Crippen molar-refractivity contribution < 1.29 is 89.4 Å². The number of allylic oxidation sites excluding steroid dienone is 17. The van der Waals surface area contributed by atoms with Gasteiger partial charge in [0.05, 0.1) is 38.6 Å². The van der Waals surface area contributed by atoms with Gasteiger partial charge in [-0.1, -0.05) is 277 Å². The highest BCUT2D eigenvalue weighted by atomic mass is 16.8. The lowest BCUT2D eigenvalue weighted by Gasteiger charge is -2.48. The summed E-state index contributed by atoms with van der Waals surface area (Å²) in [6, 6.07) is -0.981. The number of carbonyl (C=O) groups excluding carboxylic acids is 1. The van der Waals surface area contributed by atoms with Gasteiger partial charge in [-0.25, -0.2) is 0 Å². The fourth-order valence-corrected chi connectivity index (χ4v) is 12.4. The highest BCUT2D eigenvalue weighted by Crippen LogP contribution is 2.33. The van der Waals surface area contributed by atoms with Crippen LogP contribution in [-0.4, -0.2) is 193 Å². The van der Waals surface area contributed by atoms with E-state index in [9.17, 15) is 61.0 Å². The van der Waals surface area contributed by atoms with Crippen LogP contribution < -0.4 is 5.32 Å². The van der Waals surface area contributed by atoms with E-state index in [0.717, 1.165) is 109 Å². The molecule has 19 nitrogen and oxygen atoms in total. The molecule has 0 aromatic carbocycles. The third-order valence-electron chi connectivity index (χ3n) is 18.6. The van der Waals surface area contributed by atoms with Gasteiger partial charge < -0.3 is 89.9 Å². The van der Waals surface area contributed by atoms with E-state index in [1.54, 1.807) is 6.08 Å². The average molecular weight is 1400 g/mol. The normalized spacial score (nSPS) is 27.2. The molecule has 3 fully saturated rings. The maximum absolute atomic E-state index is 13.4. The van der Waals surface area contributed by atoms with E-state index in [0.29, 0.717) is 6.42 Å². The number of hydrogen-bond donors (Lipinski definition) is 12. The number of rotatable bonds is 59. The minimum absolute atomic E-state index is 0.235. The number of hydrogen-bond acceptors (Lipinski definition) is 18. The lowest BCUT2D eigenvalue weighted by Crippen LogP contribution is -2.66. The van der Waals surface area contributed by atoms with Gasteiger partial charge >= 0.3 is 0 Å². The number of amides is 1. The average Bonchev–Trinajstić information content (AvgIpc) is 0.786. The Morgan fingerprint density at radius 1 is 0.374 bits per heavy atom. The topological polar surface area (TPSA) is 307 Å². The fraction of sp³-hybridized carbons (Fsp3) is 0.762. The minimum Gasteiger partial charge on any atom is -0.394 e. The molecular weight excluding hydrogens is 1260 g/mol. The molecule has 0 aromatic rings. The summed E-state index contributed by atoms with van der Waals surface area (Å²) in [5.74, 6) is -0.280. The molecule has 0 radical (unpaired) electrons. The van der Waals surface area contributed by atoms with Crippen LogP contribution in [0.5, 0.6) is 0 Å². The fourth-order valence-electron chi connectivity index (χ4n) is 12.4. The van der Waals surface area contributed by atoms with Crippen molar-refractivity contribution in [1.29, 1.82) is 0 Å². The van der Waals surface area contributed by atoms with Crippen LogP contribution >= 0.6 is 0 Å². The van der Waals surface area contributed by atoms with E-state index >= 15 is 0 Å². The summed E-state index contributed by atoms with van der Waals surface area (Å²) in [5, 5.41) is 121. The van der Waals surface area contributed by atoms with E-state index in [4.69, 9.17) is 28.4 Å². The molecule has 19 heteroatoms.